The van der Waals surface area contributed by atoms with Gasteiger partial charge in [-0.2, -0.15) is 0 Å². The van der Waals surface area contributed by atoms with Crippen LogP contribution in [0.4, 0.5) is 0 Å². The van der Waals surface area contributed by atoms with Crippen LogP contribution in [0.15, 0.2) is 23.2 Å². The molecular weight excluding hydrogens is 199 g/mol. The first-order valence-corrected chi connectivity index (χ1v) is 5.70. The largest absolute Gasteiger partial charge is 0.460 e. The zero-order valence-electron chi connectivity index (χ0n) is 9.66. The molecule has 82 valence electrons. The summed E-state index contributed by atoms with van der Waals surface area (Å²) in [7, 11) is 2.16. The number of benzene rings is 1. The highest BCUT2D eigenvalue weighted by Crippen LogP contribution is 2.38. The molecule has 0 amide bonds. The van der Waals surface area contributed by atoms with Gasteiger partial charge in [0.15, 0.2) is 0 Å². The van der Waals surface area contributed by atoms with E-state index in [2.05, 4.69) is 38.0 Å². The zero-order valence-corrected chi connectivity index (χ0v) is 9.66. The molecule has 1 aliphatic carbocycles. The number of amidine groups is 1. The summed E-state index contributed by atoms with van der Waals surface area (Å²) in [6, 6.07) is 6.80. The Morgan fingerprint density at radius 1 is 1.50 bits per heavy atom. The van der Waals surface area contributed by atoms with E-state index >= 15 is 0 Å². The normalized spacial score (nSPS) is 31.3. The summed E-state index contributed by atoms with van der Waals surface area (Å²) in [6.07, 6.45) is 1.99. The van der Waals surface area contributed by atoms with Crippen molar-refractivity contribution in [1.29, 1.82) is 0 Å². The third-order valence-electron chi connectivity index (χ3n) is 3.87. The maximum absolute atomic E-state index is 5.68. The molecule has 2 N–H and O–H groups in total. The summed E-state index contributed by atoms with van der Waals surface area (Å²) < 4.78 is 5.50. The van der Waals surface area contributed by atoms with Crippen LogP contribution >= 0.6 is 0 Å². The summed E-state index contributed by atoms with van der Waals surface area (Å²) in [5.41, 5.74) is 9.71. The highest BCUT2D eigenvalue weighted by Gasteiger charge is 2.47. The van der Waals surface area contributed by atoms with Crippen LogP contribution in [0.1, 0.15) is 18.1 Å². The van der Waals surface area contributed by atoms with Crippen molar-refractivity contribution in [1.82, 2.24) is 0 Å². The van der Waals surface area contributed by atoms with Crippen molar-refractivity contribution in [2.24, 2.45) is 10.7 Å². The number of hydrogen-bond acceptors (Lipinski definition) is 3. The second-order valence-electron chi connectivity index (χ2n) is 4.88. The van der Waals surface area contributed by atoms with E-state index in [0.717, 1.165) is 12.8 Å². The van der Waals surface area contributed by atoms with E-state index in [-0.39, 0.29) is 11.6 Å². The number of nitrogens with two attached hydrogens (primary N) is 1. The monoisotopic (exact) mass is 214 g/mol. The van der Waals surface area contributed by atoms with E-state index in [1.807, 2.05) is 0 Å². The van der Waals surface area contributed by atoms with Crippen LogP contribution in [0.3, 0.4) is 0 Å². The highest BCUT2D eigenvalue weighted by atomic mass is 16.5. The van der Waals surface area contributed by atoms with Crippen LogP contribution < -0.4 is 11.2 Å². The zero-order chi connectivity index (χ0) is 11.3. The van der Waals surface area contributed by atoms with Gasteiger partial charge in [0.2, 0.25) is 0 Å². The standard InChI is InChI=1S/C12H15BN2O/c1-7-12(15-11(14)16-7)5-8-3-2-4-10(13)9(8)6-12/h2-4,7H,5-6,13H2,1H3,(H2,14,15)/t7-,12-/m1/s1. The molecule has 1 aliphatic heterocycles. The lowest BCUT2D eigenvalue weighted by atomic mass is 9.86. The van der Waals surface area contributed by atoms with Gasteiger partial charge in [-0.3, -0.25) is 0 Å². The van der Waals surface area contributed by atoms with E-state index in [0.29, 0.717) is 6.02 Å². The van der Waals surface area contributed by atoms with E-state index < -0.39 is 0 Å². The van der Waals surface area contributed by atoms with Crippen LogP contribution in [0.2, 0.25) is 0 Å². The Kier molecular flexibility index (Phi) is 1.85. The fraction of sp³-hybridized carbons (Fsp3) is 0.417. The predicted octanol–water partition coefficient (Wildman–Crippen LogP) is -0.484. The molecule has 0 fully saturated rings. The Labute approximate surface area is 96.1 Å². The van der Waals surface area contributed by atoms with Crippen molar-refractivity contribution in [3.8, 4) is 0 Å². The van der Waals surface area contributed by atoms with Crippen LogP contribution in [0.25, 0.3) is 0 Å². The molecule has 1 aromatic carbocycles. The Balaban J connectivity index is 2.05. The first-order chi connectivity index (χ1) is 7.61. The Hall–Kier alpha value is -1.45. The number of ether oxygens (including phenoxy) is 1. The van der Waals surface area contributed by atoms with Crippen molar-refractivity contribution in [2.75, 3.05) is 0 Å². The predicted molar refractivity (Wildman–Crippen MR) is 66.9 cm³/mol. The van der Waals surface area contributed by atoms with Gasteiger partial charge in [0.1, 0.15) is 19.5 Å². The Bertz CT molecular complexity index is 486. The maximum Gasteiger partial charge on any atom is 0.282 e. The molecular formula is C12H15BN2O. The minimum absolute atomic E-state index is 0.0827. The van der Waals surface area contributed by atoms with Crippen molar-refractivity contribution in [2.45, 2.75) is 31.4 Å². The fourth-order valence-corrected chi connectivity index (χ4v) is 2.87. The van der Waals surface area contributed by atoms with Gasteiger partial charge < -0.3 is 10.5 Å². The SMILES string of the molecule is Bc1cccc2c1C[C@@]1(C2)N=C(N)O[C@@H]1C. The molecule has 2 aliphatic rings. The summed E-state index contributed by atoms with van der Waals surface area (Å²) >= 11 is 0. The summed E-state index contributed by atoms with van der Waals surface area (Å²) in [4.78, 5) is 4.53. The average Bonchev–Trinajstić information content (AvgIpc) is 2.70. The van der Waals surface area contributed by atoms with Crippen molar-refractivity contribution in [3.63, 3.8) is 0 Å². The summed E-state index contributed by atoms with van der Waals surface area (Å²) in [6.45, 7) is 2.06. The molecule has 4 heteroatoms. The molecule has 0 saturated heterocycles. The van der Waals surface area contributed by atoms with Gasteiger partial charge in [-0.25, -0.2) is 4.99 Å². The van der Waals surface area contributed by atoms with Crippen LogP contribution in [-0.2, 0) is 17.6 Å². The van der Waals surface area contributed by atoms with Gasteiger partial charge in [0, 0.05) is 12.8 Å². The fourth-order valence-electron chi connectivity index (χ4n) is 2.87. The molecule has 3 nitrogen and oxygen atoms in total. The molecule has 0 saturated carbocycles. The van der Waals surface area contributed by atoms with E-state index in [9.17, 15) is 0 Å². The molecule has 0 aromatic heterocycles. The van der Waals surface area contributed by atoms with Crippen molar-refractivity contribution >= 4 is 19.3 Å². The number of fused-ring (bicyclic) bond motifs is 1. The minimum Gasteiger partial charge on any atom is -0.460 e. The third kappa shape index (κ3) is 1.19. The first-order valence-electron chi connectivity index (χ1n) is 5.70. The van der Waals surface area contributed by atoms with Crippen LogP contribution in [-0.4, -0.2) is 25.5 Å². The molecule has 3 rings (SSSR count). The van der Waals surface area contributed by atoms with Crippen LogP contribution in [0.5, 0.6) is 0 Å². The number of aliphatic imine (C=N–C) groups is 1. The van der Waals surface area contributed by atoms with Gasteiger partial charge in [0.25, 0.3) is 6.02 Å². The molecule has 0 radical (unpaired) electrons. The minimum atomic E-state index is -0.140. The number of rotatable bonds is 0. The smallest absolute Gasteiger partial charge is 0.282 e. The maximum atomic E-state index is 5.68. The van der Waals surface area contributed by atoms with Gasteiger partial charge in [0.05, 0.1) is 0 Å². The first kappa shape index (κ1) is 9.76. The van der Waals surface area contributed by atoms with E-state index in [4.69, 9.17) is 10.5 Å². The van der Waals surface area contributed by atoms with E-state index in [1.54, 1.807) is 0 Å². The average molecular weight is 214 g/mol. The number of hydrogen-bond donors (Lipinski definition) is 1. The highest BCUT2D eigenvalue weighted by molar-refractivity contribution is 6.33. The molecule has 0 bridgehead atoms. The lowest BCUT2D eigenvalue weighted by Crippen LogP contribution is -2.37. The Morgan fingerprint density at radius 3 is 2.94 bits per heavy atom. The number of nitrogens with zero attached hydrogens (tertiary/aromatic N) is 1. The van der Waals surface area contributed by atoms with Crippen molar-refractivity contribution < 1.29 is 4.74 Å². The Morgan fingerprint density at radius 2 is 2.31 bits per heavy atom. The molecule has 1 heterocycles. The molecule has 16 heavy (non-hydrogen) atoms. The summed E-state index contributed by atoms with van der Waals surface area (Å²) in [5, 5.41) is 0. The van der Waals surface area contributed by atoms with E-state index in [1.165, 1.54) is 16.6 Å². The topological polar surface area (TPSA) is 47.6 Å². The van der Waals surface area contributed by atoms with Gasteiger partial charge >= 0.3 is 0 Å². The second kappa shape index (κ2) is 3.03. The van der Waals surface area contributed by atoms with Crippen molar-refractivity contribution in [3.05, 3.63) is 29.3 Å². The molecule has 1 spiro atoms. The molecule has 0 unspecified atom stereocenters. The molecule has 2 atom stereocenters. The van der Waals surface area contributed by atoms with Gasteiger partial charge in [-0.1, -0.05) is 23.7 Å². The summed E-state index contributed by atoms with van der Waals surface area (Å²) in [5.74, 6) is 0. The second-order valence-corrected chi connectivity index (χ2v) is 4.88. The van der Waals surface area contributed by atoms with Crippen LogP contribution in [0, 0.1) is 0 Å². The lowest BCUT2D eigenvalue weighted by Gasteiger charge is -2.23. The third-order valence-corrected chi connectivity index (χ3v) is 3.87. The van der Waals surface area contributed by atoms with Gasteiger partial charge in [-0.15, -0.1) is 0 Å². The molecule has 1 aromatic rings. The van der Waals surface area contributed by atoms with Gasteiger partial charge in [-0.05, 0) is 18.1 Å². The lowest BCUT2D eigenvalue weighted by molar-refractivity contribution is 0.157. The quantitative estimate of drug-likeness (QED) is 0.592.